The minimum Gasteiger partial charge on any atom is -0.481 e. The number of primary amides is 1. The molecule has 3 N–H and O–H groups in total. The van der Waals surface area contributed by atoms with Crippen LogP contribution in [-0.4, -0.2) is 52.5 Å². The summed E-state index contributed by atoms with van der Waals surface area (Å²) in [6, 6.07) is 16.5. The highest BCUT2D eigenvalue weighted by atomic mass is 19.1. The number of carboxylic acid groups (broad SMARTS) is 1. The summed E-state index contributed by atoms with van der Waals surface area (Å²) >= 11 is 0. The number of benzene rings is 2. The van der Waals surface area contributed by atoms with Crippen molar-refractivity contribution >= 4 is 33.4 Å². The number of allylic oxidation sites excluding steroid dienone is 2. The Morgan fingerprint density at radius 1 is 1.00 bits per heavy atom. The Morgan fingerprint density at radius 2 is 1.67 bits per heavy atom. The van der Waals surface area contributed by atoms with Crippen LogP contribution in [0.15, 0.2) is 84.2 Å². The van der Waals surface area contributed by atoms with E-state index in [4.69, 9.17) is 15.8 Å². The van der Waals surface area contributed by atoms with Crippen LogP contribution in [0.5, 0.6) is 0 Å². The average Bonchev–Trinajstić information content (AvgIpc) is 2.99. The predicted molar refractivity (Wildman–Crippen MR) is 170 cm³/mol. The predicted octanol–water partition coefficient (Wildman–Crippen LogP) is 7.19. The first-order chi connectivity index (χ1) is 20.5. The highest BCUT2D eigenvalue weighted by Crippen LogP contribution is 2.34. The minimum absolute atomic E-state index is 0.120. The zero-order valence-electron chi connectivity index (χ0n) is 25.6. The molecule has 4 aromatic rings. The van der Waals surface area contributed by atoms with Gasteiger partial charge in [0.25, 0.3) is 5.91 Å². The summed E-state index contributed by atoms with van der Waals surface area (Å²) in [5.74, 6) is -3.72. The maximum absolute atomic E-state index is 12.6. The maximum atomic E-state index is 12.6. The molecule has 1 amide bonds. The van der Waals surface area contributed by atoms with Crippen LogP contribution in [0.3, 0.4) is 0 Å². The van der Waals surface area contributed by atoms with Crippen molar-refractivity contribution in [3.05, 3.63) is 95.5 Å². The number of hydrogen-bond donors (Lipinski definition) is 2. The van der Waals surface area contributed by atoms with Crippen LogP contribution in [0.1, 0.15) is 45.4 Å². The molecule has 0 radical (unpaired) electrons. The number of aryl methyl sites for hydroxylation is 1. The van der Waals surface area contributed by atoms with Crippen LogP contribution in [0, 0.1) is 0 Å². The van der Waals surface area contributed by atoms with E-state index in [-0.39, 0.29) is 6.42 Å². The lowest BCUT2D eigenvalue weighted by atomic mass is 9.94. The van der Waals surface area contributed by atoms with Gasteiger partial charge in [-0.3, -0.25) is 19.6 Å². The number of fused-ring (bicyclic) bond motifs is 2. The van der Waals surface area contributed by atoms with E-state index >= 15 is 0 Å². The number of carbonyl (C=O) groups is 2. The largest absolute Gasteiger partial charge is 0.481 e. The molecule has 0 fully saturated rings. The van der Waals surface area contributed by atoms with Gasteiger partial charge in [0.15, 0.2) is 0 Å². The van der Waals surface area contributed by atoms with E-state index in [0.29, 0.717) is 6.42 Å². The molecule has 0 saturated heterocycles. The Bertz CT molecular complexity index is 1630. The molecule has 0 atom stereocenters. The van der Waals surface area contributed by atoms with E-state index in [0.717, 1.165) is 70.0 Å². The van der Waals surface area contributed by atoms with Gasteiger partial charge in [-0.2, -0.15) is 0 Å². The molecule has 0 spiro atoms. The number of carbonyl (C=O) groups excluding carboxylic acids is 1. The number of nitrogens with zero attached hydrogens (tertiary/aromatic N) is 3. The molecule has 0 aliphatic rings. The topological polar surface area (TPSA) is 109 Å². The van der Waals surface area contributed by atoms with Crippen molar-refractivity contribution in [3.8, 4) is 11.3 Å². The molecule has 2 heterocycles. The molecular formula is C34H40F2N4O3. The lowest BCUT2D eigenvalue weighted by Gasteiger charge is -2.14. The van der Waals surface area contributed by atoms with Gasteiger partial charge in [-0.25, -0.2) is 8.78 Å². The molecule has 0 aliphatic heterocycles. The fraction of sp³-hybridized carbons (Fsp3) is 0.294. The zero-order valence-corrected chi connectivity index (χ0v) is 25.6. The van der Waals surface area contributed by atoms with Gasteiger partial charge in [-0.05, 0) is 68.2 Å². The third-order valence-electron chi connectivity index (χ3n) is 6.46. The van der Waals surface area contributed by atoms with E-state index in [1.807, 2.05) is 50.5 Å². The van der Waals surface area contributed by atoms with Crippen molar-refractivity contribution in [1.82, 2.24) is 14.9 Å². The molecule has 0 saturated carbocycles. The van der Waals surface area contributed by atoms with Crippen molar-refractivity contribution in [1.29, 1.82) is 0 Å². The quantitative estimate of drug-likeness (QED) is 0.158. The minimum atomic E-state index is -1.10. The number of pyridine rings is 2. The lowest BCUT2D eigenvalue weighted by Crippen LogP contribution is -2.15. The van der Waals surface area contributed by atoms with Crippen LogP contribution in [0.4, 0.5) is 8.78 Å². The first kappa shape index (κ1) is 34.7. The van der Waals surface area contributed by atoms with Gasteiger partial charge in [0.1, 0.15) is 17.2 Å². The zero-order chi connectivity index (χ0) is 32.1. The van der Waals surface area contributed by atoms with Crippen molar-refractivity contribution < 1.29 is 23.5 Å². The highest BCUT2D eigenvalue weighted by molar-refractivity contribution is 6.04. The Balaban J connectivity index is 0.000000422. The number of amides is 1. The molecule has 0 unspecified atom stereocenters. The molecule has 7 nitrogen and oxygen atoms in total. The third kappa shape index (κ3) is 9.51. The molecule has 2 aromatic heterocycles. The van der Waals surface area contributed by atoms with Crippen molar-refractivity contribution in [3.63, 3.8) is 0 Å². The van der Waals surface area contributed by atoms with Gasteiger partial charge in [0, 0.05) is 48.4 Å². The van der Waals surface area contributed by atoms with Gasteiger partial charge < -0.3 is 15.7 Å². The van der Waals surface area contributed by atoms with Gasteiger partial charge in [0.2, 0.25) is 0 Å². The summed E-state index contributed by atoms with van der Waals surface area (Å²) in [5, 5.41) is 13.4. The number of aliphatic carboxylic acids is 1. The maximum Gasteiger partial charge on any atom is 0.303 e. The fourth-order valence-electron chi connectivity index (χ4n) is 4.45. The normalized spacial score (nSPS) is 11.8. The average molecular weight is 591 g/mol. The number of nitrogens with two attached hydrogens (primary N) is 1. The Hall–Kier alpha value is -4.50. The molecule has 43 heavy (non-hydrogen) atoms. The molecule has 0 aliphatic carbocycles. The summed E-state index contributed by atoms with van der Waals surface area (Å²) in [5.41, 5.74) is 8.08. The highest BCUT2D eigenvalue weighted by Gasteiger charge is 2.15. The Labute approximate surface area is 251 Å². The first-order valence-electron chi connectivity index (χ1n) is 14.1. The van der Waals surface area contributed by atoms with Crippen molar-refractivity contribution in [2.75, 3.05) is 20.6 Å². The first-order valence-corrected chi connectivity index (χ1v) is 14.1. The number of aromatic nitrogens is 2. The lowest BCUT2D eigenvalue weighted by molar-refractivity contribution is -0.137. The third-order valence-corrected chi connectivity index (χ3v) is 6.46. The second-order valence-corrected chi connectivity index (χ2v) is 9.73. The number of rotatable bonds is 9. The second kappa shape index (κ2) is 16.8. The summed E-state index contributed by atoms with van der Waals surface area (Å²) in [4.78, 5) is 33.0. The monoisotopic (exact) mass is 590 g/mol. The van der Waals surface area contributed by atoms with Gasteiger partial charge in [-0.1, -0.05) is 56.3 Å². The smallest absolute Gasteiger partial charge is 0.303 e. The van der Waals surface area contributed by atoms with Crippen LogP contribution >= 0.6 is 0 Å². The van der Waals surface area contributed by atoms with Crippen LogP contribution in [0.2, 0.25) is 0 Å². The van der Waals surface area contributed by atoms with Crippen molar-refractivity contribution in [2.24, 2.45) is 5.73 Å². The van der Waals surface area contributed by atoms with Crippen molar-refractivity contribution in [2.45, 2.75) is 47.0 Å². The van der Waals surface area contributed by atoms with Gasteiger partial charge in [0.05, 0.1) is 5.69 Å². The van der Waals surface area contributed by atoms with E-state index in [2.05, 4.69) is 48.2 Å². The van der Waals surface area contributed by atoms with Gasteiger partial charge >= 0.3 is 5.97 Å². The van der Waals surface area contributed by atoms with E-state index < -0.39 is 29.1 Å². The number of halogens is 2. The van der Waals surface area contributed by atoms with Crippen LogP contribution in [0.25, 0.3) is 32.8 Å². The Kier molecular flexibility index (Phi) is 13.6. The summed E-state index contributed by atoms with van der Waals surface area (Å²) in [6.45, 7) is 7.25. The molecular weight excluding hydrogens is 550 g/mol. The standard InChI is InChI=1S/C25H25N3O2.C7H9F2NO.C2H6/c1-28(2)14-12-19-15-18-11-13-26-16-23(18)25(27-19)22-8-4-6-20-17(9-10-24(29)30)5-3-7-21(20)22;1-3-5(9)6(4(2)8)7(10)11;1-2/h3-8,11,13,15-16H,9-10,12,14H2,1-2H3,(H,29,30);3H,1-2H3,(H2,10,11);1-2H3/b;5-3+,6-4-;. The van der Waals surface area contributed by atoms with E-state index in [9.17, 15) is 18.4 Å². The summed E-state index contributed by atoms with van der Waals surface area (Å²) in [6.07, 6.45) is 6.16. The molecule has 228 valence electrons. The van der Waals surface area contributed by atoms with Crippen LogP contribution in [-0.2, 0) is 22.4 Å². The number of hydrogen-bond acceptors (Lipinski definition) is 5. The summed E-state index contributed by atoms with van der Waals surface area (Å²) in [7, 11) is 4.13. The fourth-order valence-corrected chi connectivity index (χ4v) is 4.45. The number of carboxylic acids is 1. The van der Waals surface area contributed by atoms with E-state index in [1.54, 1.807) is 0 Å². The molecule has 2 aromatic carbocycles. The van der Waals surface area contributed by atoms with E-state index in [1.165, 1.54) is 6.92 Å². The SMILES string of the molecule is C/C=C(F)\C(C(N)=O)=C(/C)F.CC.CN(C)CCc1cc2ccncc2c(-c2cccc3c(CCC(=O)O)cccc23)n1. The van der Waals surface area contributed by atoms with Gasteiger partial charge in [-0.15, -0.1) is 0 Å². The summed E-state index contributed by atoms with van der Waals surface area (Å²) < 4.78 is 24.9. The molecule has 9 heteroatoms. The molecule has 0 bridgehead atoms. The Morgan fingerprint density at radius 3 is 2.26 bits per heavy atom. The second-order valence-electron chi connectivity index (χ2n) is 9.73. The number of likely N-dealkylation sites (N-methyl/N-ethyl adjacent to an activating group) is 1. The molecule has 4 rings (SSSR count). The van der Waals surface area contributed by atoms with Crippen LogP contribution < -0.4 is 5.73 Å².